The van der Waals surface area contributed by atoms with Gasteiger partial charge in [-0.25, -0.2) is 0 Å². The summed E-state index contributed by atoms with van der Waals surface area (Å²) in [4.78, 5) is 2.08. The smallest absolute Gasteiger partial charge is 0.122 e. The van der Waals surface area contributed by atoms with Crippen LogP contribution in [0.2, 0.25) is 0 Å². The minimum atomic E-state index is 0.331. The Morgan fingerprint density at radius 1 is 1.43 bits per heavy atom. The predicted molar refractivity (Wildman–Crippen MR) is 56.9 cm³/mol. The van der Waals surface area contributed by atoms with Gasteiger partial charge in [0.15, 0.2) is 0 Å². The Hall–Kier alpha value is -1.64. The quantitative estimate of drug-likeness (QED) is 0.737. The molecule has 74 valence electrons. The molecule has 0 unspecified atom stereocenters. The number of hydrogen-bond donors (Lipinski definition) is 1. The van der Waals surface area contributed by atoms with E-state index in [1.807, 2.05) is 25.2 Å². The summed E-state index contributed by atoms with van der Waals surface area (Å²) in [5, 5.41) is 9.68. The molecule has 0 aliphatic carbocycles. The fourth-order valence-electron chi connectivity index (χ4n) is 1.61. The average Bonchev–Trinajstić information content (AvgIpc) is 2.23. The molecule has 0 fully saturated rings. The van der Waals surface area contributed by atoms with Gasteiger partial charge in [0, 0.05) is 24.8 Å². The van der Waals surface area contributed by atoms with E-state index < -0.39 is 0 Å². The van der Waals surface area contributed by atoms with Crippen LogP contribution >= 0.6 is 0 Å². The Balaban J connectivity index is 2.53. The van der Waals surface area contributed by atoms with Crippen LogP contribution in [0.25, 0.3) is 5.76 Å². The molecular formula is C11H13NO2. The highest BCUT2D eigenvalue weighted by Crippen LogP contribution is 2.31. The summed E-state index contributed by atoms with van der Waals surface area (Å²) in [6.07, 6.45) is 1.79. The number of likely N-dealkylation sites (N-methyl/N-ethyl adjacent to an activating group) is 1. The molecule has 0 saturated carbocycles. The second-order valence-corrected chi connectivity index (χ2v) is 3.35. The van der Waals surface area contributed by atoms with Crippen molar-refractivity contribution in [3.8, 4) is 5.75 Å². The molecule has 1 aliphatic heterocycles. The van der Waals surface area contributed by atoms with Crippen LogP contribution in [0.15, 0.2) is 24.3 Å². The van der Waals surface area contributed by atoms with Gasteiger partial charge in [-0.3, -0.25) is 0 Å². The molecule has 1 heterocycles. The van der Waals surface area contributed by atoms with Gasteiger partial charge in [-0.05, 0) is 24.3 Å². The number of methoxy groups -OCH3 is 1. The summed E-state index contributed by atoms with van der Waals surface area (Å²) in [6, 6.07) is 5.70. The second kappa shape index (κ2) is 3.25. The minimum Gasteiger partial charge on any atom is -0.508 e. The summed E-state index contributed by atoms with van der Waals surface area (Å²) in [7, 11) is 3.61. The van der Waals surface area contributed by atoms with E-state index >= 15 is 0 Å². The first-order valence-corrected chi connectivity index (χ1v) is 4.51. The monoisotopic (exact) mass is 191 g/mol. The van der Waals surface area contributed by atoms with Crippen molar-refractivity contribution in [1.29, 1.82) is 0 Å². The van der Waals surface area contributed by atoms with E-state index in [0.29, 0.717) is 5.76 Å². The number of rotatable bonds is 1. The highest BCUT2D eigenvalue weighted by Gasteiger charge is 2.15. The van der Waals surface area contributed by atoms with Crippen LogP contribution in [0.3, 0.4) is 0 Å². The van der Waals surface area contributed by atoms with Crippen molar-refractivity contribution in [2.75, 3.05) is 25.6 Å². The summed E-state index contributed by atoms with van der Waals surface area (Å²) < 4.78 is 5.11. The van der Waals surface area contributed by atoms with Gasteiger partial charge in [0.05, 0.1) is 7.11 Å². The number of ether oxygens (including phenoxy) is 1. The number of nitrogens with zero attached hydrogens (tertiary/aromatic N) is 1. The Bertz CT molecular complexity index is 385. The van der Waals surface area contributed by atoms with Crippen molar-refractivity contribution < 1.29 is 9.84 Å². The maximum Gasteiger partial charge on any atom is 0.122 e. The summed E-state index contributed by atoms with van der Waals surface area (Å²) in [5.41, 5.74) is 1.86. The zero-order valence-electron chi connectivity index (χ0n) is 8.32. The molecule has 1 aromatic carbocycles. The molecule has 3 nitrogen and oxygen atoms in total. The first kappa shape index (κ1) is 8.94. The molecular weight excluding hydrogens is 178 g/mol. The van der Waals surface area contributed by atoms with E-state index in [1.54, 1.807) is 13.2 Å². The van der Waals surface area contributed by atoms with Gasteiger partial charge < -0.3 is 14.7 Å². The van der Waals surface area contributed by atoms with Crippen molar-refractivity contribution in [2.45, 2.75) is 0 Å². The Morgan fingerprint density at radius 2 is 2.21 bits per heavy atom. The maximum atomic E-state index is 9.68. The van der Waals surface area contributed by atoms with E-state index in [1.165, 1.54) is 0 Å². The molecule has 1 N–H and O–H groups in total. The third-order valence-electron chi connectivity index (χ3n) is 2.45. The average molecular weight is 191 g/mol. The molecule has 2 rings (SSSR count). The molecule has 0 aromatic heterocycles. The first-order chi connectivity index (χ1) is 6.72. The Morgan fingerprint density at radius 3 is 2.93 bits per heavy atom. The standard InChI is InChI=1S/C11H13NO2/c1-12-6-5-11(13)9-7-8(14-2)3-4-10(9)12/h3-5,7,13H,6H2,1-2H3. The number of anilines is 1. The molecule has 0 atom stereocenters. The lowest BCUT2D eigenvalue weighted by atomic mass is 10.1. The van der Waals surface area contributed by atoms with Crippen molar-refractivity contribution in [1.82, 2.24) is 0 Å². The molecule has 1 aromatic rings. The van der Waals surface area contributed by atoms with E-state index in [4.69, 9.17) is 4.74 Å². The van der Waals surface area contributed by atoms with Gasteiger partial charge in [0.2, 0.25) is 0 Å². The topological polar surface area (TPSA) is 32.7 Å². The maximum absolute atomic E-state index is 9.68. The first-order valence-electron chi connectivity index (χ1n) is 4.51. The number of aliphatic hydroxyl groups is 1. The molecule has 0 radical (unpaired) electrons. The van der Waals surface area contributed by atoms with Gasteiger partial charge in [-0.1, -0.05) is 0 Å². The van der Waals surface area contributed by atoms with E-state index in [9.17, 15) is 5.11 Å². The van der Waals surface area contributed by atoms with Crippen LogP contribution in [-0.4, -0.2) is 25.8 Å². The molecule has 0 amide bonds. The lowest BCUT2D eigenvalue weighted by molar-refractivity contribution is 0.414. The fraction of sp³-hybridized carbons (Fsp3) is 0.273. The minimum absolute atomic E-state index is 0.331. The molecule has 14 heavy (non-hydrogen) atoms. The molecule has 0 spiro atoms. The number of aliphatic hydroxyl groups excluding tert-OH is 1. The van der Waals surface area contributed by atoms with E-state index in [0.717, 1.165) is 23.5 Å². The number of fused-ring (bicyclic) bond motifs is 1. The summed E-state index contributed by atoms with van der Waals surface area (Å²) >= 11 is 0. The van der Waals surface area contributed by atoms with Crippen molar-refractivity contribution in [2.24, 2.45) is 0 Å². The Labute approximate surface area is 83.2 Å². The van der Waals surface area contributed by atoms with Crippen LogP contribution in [0.4, 0.5) is 5.69 Å². The lowest BCUT2D eigenvalue weighted by Crippen LogP contribution is -2.21. The predicted octanol–water partition coefficient (Wildman–Crippen LogP) is 2.04. The highest BCUT2D eigenvalue weighted by molar-refractivity contribution is 5.77. The zero-order chi connectivity index (χ0) is 10.1. The SMILES string of the molecule is COc1ccc2c(c1)C(O)=CCN2C. The van der Waals surface area contributed by atoms with Crippen molar-refractivity contribution in [3.05, 3.63) is 29.8 Å². The Kier molecular flexibility index (Phi) is 2.08. The normalized spacial score (nSPS) is 14.7. The molecule has 0 saturated heterocycles. The number of benzene rings is 1. The third-order valence-corrected chi connectivity index (χ3v) is 2.45. The van der Waals surface area contributed by atoms with Crippen molar-refractivity contribution in [3.63, 3.8) is 0 Å². The van der Waals surface area contributed by atoms with Crippen LogP contribution < -0.4 is 9.64 Å². The summed E-state index contributed by atoms with van der Waals surface area (Å²) in [6.45, 7) is 0.741. The van der Waals surface area contributed by atoms with Gasteiger partial charge in [0.1, 0.15) is 11.5 Å². The van der Waals surface area contributed by atoms with E-state index in [2.05, 4.69) is 4.90 Å². The largest absolute Gasteiger partial charge is 0.508 e. The molecule has 3 heteroatoms. The molecule has 1 aliphatic rings. The number of hydrogen-bond acceptors (Lipinski definition) is 3. The van der Waals surface area contributed by atoms with Crippen molar-refractivity contribution >= 4 is 11.4 Å². The van der Waals surface area contributed by atoms with Crippen LogP contribution in [0.1, 0.15) is 5.56 Å². The van der Waals surface area contributed by atoms with Gasteiger partial charge in [-0.15, -0.1) is 0 Å². The van der Waals surface area contributed by atoms with Crippen LogP contribution in [0.5, 0.6) is 5.75 Å². The second-order valence-electron chi connectivity index (χ2n) is 3.35. The van der Waals surface area contributed by atoms with Gasteiger partial charge in [-0.2, -0.15) is 0 Å². The lowest BCUT2D eigenvalue weighted by Gasteiger charge is -2.25. The highest BCUT2D eigenvalue weighted by atomic mass is 16.5. The van der Waals surface area contributed by atoms with Crippen LogP contribution in [-0.2, 0) is 0 Å². The van der Waals surface area contributed by atoms with E-state index in [-0.39, 0.29) is 0 Å². The molecule has 0 bridgehead atoms. The third kappa shape index (κ3) is 1.31. The summed E-state index contributed by atoms with van der Waals surface area (Å²) in [5.74, 6) is 1.09. The van der Waals surface area contributed by atoms with Gasteiger partial charge >= 0.3 is 0 Å². The van der Waals surface area contributed by atoms with Crippen LogP contribution in [0, 0.1) is 0 Å². The van der Waals surface area contributed by atoms with Gasteiger partial charge in [0.25, 0.3) is 0 Å². The zero-order valence-corrected chi connectivity index (χ0v) is 8.32. The fourth-order valence-corrected chi connectivity index (χ4v) is 1.61.